The summed E-state index contributed by atoms with van der Waals surface area (Å²) in [4.78, 5) is 26.5. The summed E-state index contributed by atoms with van der Waals surface area (Å²) in [7, 11) is 2.08. The molecule has 1 fully saturated rings. The van der Waals surface area contributed by atoms with Gasteiger partial charge in [-0.3, -0.25) is 14.6 Å². The fraction of sp³-hybridized carbons (Fsp3) is 0.278. The van der Waals surface area contributed by atoms with Crippen molar-refractivity contribution < 1.29 is 19.1 Å². The number of phenolic OH excluding ortho intramolecular Hbond substituents is 1. The Morgan fingerprint density at radius 1 is 1.25 bits per heavy atom. The maximum absolute atomic E-state index is 12.0. The number of nitrogens with zero attached hydrogens (tertiary/aromatic N) is 2. The summed E-state index contributed by atoms with van der Waals surface area (Å²) in [6.45, 7) is 2.06. The molecule has 2 heterocycles. The molecule has 1 unspecified atom stereocenters. The van der Waals surface area contributed by atoms with Gasteiger partial charge in [-0.15, -0.1) is 0 Å². The van der Waals surface area contributed by atoms with Crippen molar-refractivity contribution in [2.75, 3.05) is 20.1 Å². The van der Waals surface area contributed by atoms with E-state index in [1.165, 1.54) is 12.1 Å². The van der Waals surface area contributed by atoms with E-state index in [4.69, 9.17) is 0 Å². The lowest BCUT2D eigenvalue weighted by Crippen LogP contribution is -2.13. The van der Waals surface area contributed by atoms with Gasteiger partial charge in [-0.2, -0.15) is 0 Å². The van der Waals surface area contributed by atoms with Gasteiger partial charge in [-0.05, 0) is 55.8 Å². The fourth-order valence-electron chi connectivity index (χ4n) is 2.68. The number of hydrogen-bond donors (Lipinski definition) is 1. The van der Waals surface area contributed by atoms with Crippen molar-refractivity contribution in [3.8, 4) is 5.75 Å². The summed E-state index contributed by atoms with van der Waals surface area (Å²) in [6, 6.07) is 7.57. The largest absolute Gasteiger partial charge is 0.508 e. The number of aromatic hydroxyl groups is 1. The number of hydrogen-bond acceptors (Lipinski definition) is 5. The Morgan fingerprint density at radius 2 is 2.04 bits per heavy atom. The summed E-state index contributed by atoms with van der Waals surface area (Å²) in [6.07, 6.45) is 3.48. The van der Waals surface area contributed by atoms with Crippen LogP contribution in [0.4, 0.5) is 4.39 Å². The second-order valence-electron chi connectivity index (χ2n) is 5.70. The van der Waals surface area contributed by atoms with Gasteiger partial charge in [-0.25, -0.2) is 4.39 Å². The molecule has 0 spiro atoms. The molecule has 1 saturated heterocycles. The molecule has 1 N–H and O–H groups in total. The molecule has 24 heavy (non-hydrogen) atoms. The number of phenols is 1. The predicted octanol–water partition coefficient (Wildman–Crippen LogP) is 2.66. The Bertz CT molecular complexity index is 704. The van der Waals surface area contributed by atoms with Crippen LogP contribution in [0.15, 0.2) is 36.5 Å². The number of aromatic nitrogens is 1. The average Bonchev–Trinajstić information content (AvgIpc) is 3.02. The number of carbonyl (C=O) groups is 2. The quantitative estimate of drug-likeness (QED) is 0.876. The first-order valence-electron chi connectivity index (χ1n) is 7.57. The molecule has 1 aliphatic rings. The smallest absolute Gasteiger partial charge is 0.168 e. The lowest BCUT2D eigenvalue weighted by atomic mass is 9.94. The molecule has 0 amide bonds. The summed E-state index contributed by atoms with van der Waals surface area (Å²) in [5.74, 6) is 0.156. The van der Waals surface area contributed by atoms with Crippen molar-refractivity contribution in [1.29, 1.82) is 0 Å². The standard InChI is InChI=1S/C12H15NO2.C6H4FNO/c1-13-5-4-9(7-13)12-3-2-11(15)6-10(12)8-14;7-5-1-2-6(4-9)8-3-5/h2-3,6,8-9,15H,4-5,7H2,1H3;1-4H. The highest BCUT2D eigenvalue weighted by Crippen LogP contribution is 2.29. The van der Waals surface area contributed by atoms with Gasteiger partial charge in [0.2, 0.25) is 0 Å². The minimum Gasteiger partial charge on any atom is -0.508 e. The maximum atomic E-state index is 12.0. The Balaban J connectivity index is 0.000000198. The number of pyridine rings is 1. The van der Waals surface area contributed by atoms with E-state index in [9.17, 15) is 19.1 Å². The van der Waals surface area contributed by atoms with Crippen molar-refractivity contribution >= 4 is 12.6 Å². The van der Waals surface area contributed by atoms with Crippen LogP contribution in [0.1, 0.15) is 38.7 Å². The molecule has 6 heteroatoms. The van der Waals surface area contributed by atoms with E-state index in [2.05, 4.69) is 16.9 Å². The van der Waals surface area contributed by atoms with Gasteiger partial charge in [0.1, 0.15) is 23.5 Å². The van der Waals surface area contributed by atoms with Gasteiger partial charge < -0.3 is 10.0 Å². The summed E-state index contributed by atoms with van der Waals surface area (Å²) in [5.41, 5.74) is 1.93. The van der Waals surface area contributed by atoms with E-state index in [1.54, 1.807) is 12.1 Å². The van der Waals surface area contributed by atoms with Crippen molar-refractivity contribution in [2.45, 2.75) is 12.3 Å². The molecule has 1 atom stereocenters. The Hall–Kier alpha value is -2.60. The molecule has 3 rings (SSSR count). The third kappa shape index (κ3) is 4.70. The molecule has 1 aromatic carbocycles. The first-order chi connectivity index (χ1) is 11.5. The molecule has 0 bridgehead atoms. The van der Waals surface area contributed by atoms with Gasteiger partial charge >= 0.3 is 0 Å². The van der Waals surface area contributed by atoms with Crippen LogP contribution in [-0.2, 0) is 0 Å². The number of rotatable bonds is 3. The Labute approximate surface area is 139 Å². The van der Waals surface area contributed by atoms with E-state index in [0.29, 0.717) is 17.8 Å². The van der Waals surface area contributed by atoms with E-state index in [0.717, 1.165) is 37.6 Å². The zero-order chi connectivity index (χ0) is 17.5. The van der Waals surface area contributed by atoms with Crippen LogP contribution in [0.2, 0.25) is 0 Å². The van der Waals surface area contributed by atoms with Crippen LogP contribution in [-0.4, -0.2) is 47.7 Å². The highest BCUT2D eigenvalue weighted by Gasteiger charge is 2.23. The fourth-order valence-corrected chi connectivity index (χ4v) is 2.68. The second-order valence-corrected chi connectivity index (χ2v) is 5.70. The zero-order valence-electron chi connectivity index (χ0n) is 13.4. The van der Waals surface area contributed by atoms with Gasteiger partial charge in [0.05, 0.1) is 6.20 Å². The summed E-state index contributed by atoms with van der Waals surface area (Å²) in [5, 5.41) is 9.29. The third-order valence-electron chi connectivity index (χ3n) is 3.90. The number of likely N-dealkylation sites (N-methyl/N-ethyl adjacent to an activating group) is 1. The SMILES string of the molecule is CN1CCC(c2ccc(O)cc2C=O)C1.O=Cc1ccc(F)cn1. The average molecular weight is 330 g/mol. The van der Waals surface area contributed by atoms with Gasteiger partial charge in [0.25, 0.3) is 0 Å². The van der Waals surface area contributed by atoms with Crippen LogP contribution >= 0.6 is 0 Å². The molecular weight excluding hydrogens is 311 g/mol. The van der Waals surface area contributed by atoms with Crippen LogP contribution in [0.3, 0.4) is 0 Å². The minimum absolute atomic E-state index is 0.159. The van der Waals surface area contributed by atoms with E-state index in [-0.39, 0.29) is 11.4 Å². The highest BCUT2D eigenvalue weighted by molar-refractivity contribution is 5.78. The maximum Gasteiger partial charge on any atom is 0.168 e. The lowest BCUT2D eigenvalue weighted by molar-refractivity contribution is 0.111. The first-order valence-corrected chi connectivity index (χ1v) is 7.57. The third-order valence-corrected chi connectivity index (χ3v) is 3.90. The van der Waals surface area contributed by atoms with E-state index < -0.39 is 5.82 Å². The van der Waals surface area contributed by atoms with Crippen molar-refractivity contribution in [2.24, 2.45) is 0 Å². The number of carbonyl (C=O) groups excluding carboxylic acids is 2. The summed E-state index contributed by atoms with van der Waals surface area (Å²) >= 11 is 0. The molecule has 1 aliphatic heterocycles. The number of aldehydes is 2. The van der Waals surface area contributed by atoms with Crippen LogP contribution in [0.5, 0.6) is 5.75 Å². The molecule has 0 aliphatic carbocycles. The lowest BCUT2D eigenvalue weighted by Gasteiger charge is -2.13. The van der Waals surface area contributed by atoms with Crippen molar-refractivity contribution in [3.05, 3.63) is 59.2 Å². The van der Waals surface area contributed by atoms with Gasteiger partial charge in [0.15, 0.2) is 6.29 Å². The molecule has 0 radical (unpaired) electrons. The number of likely N-dealkylation sites (tertiary alicyclic amines) is 1. The Kier molecular flexibility index (Phi) is 6.14. The van der Waals surface area contributed by atoms with Crippen LogP contribution < -0.4 is 0 Å². The van der Waals surface area contributed by atoms with Crippen LogP contribution in [0.25, 0.3) is 0 Å². The van der Waals surface area contributed by atoms with Crippen molar-refractivity contribution in [3.63, 3.8) is 0 Å². The molecule has 1 aromatic heterocycles. The van der Waals surface area contributed by atoms with E-state index >= 15 is 0 Å². The topological polar surface area (TPSA) is 70.5 Å². The van der Waals surface area contributed by atoms with E-state index in [1.807, 2.05) is 6.07 Å². The summed E-state index contributed by atoms with van der Waals surface area (Å²) < 4.78 is 12.0. The molecule has 5 nitrogen and oxygen atoms in total. The Morgan fingerprint density at radius 3 is 2.58 bits per heavy atom. The van der Waals surface area contributed by atoms with Crippen LogP contribution in [0, 0.1) is 5.82 Å². The second kappa shape index (κ2) is 8.31. The molecule has 126 valence electrons. The molecular formula is C18H19FN2O3. The number of halogens is 1. The van der Waals surface area contributed by atoms with Crippen molar-refractivity contribution in [1.82, 2.24) is 9.88 Å². The van der Waals surface area contributed by atoms with Gasteiger partial charge in [0, 0.05) is 12.1 Å². The minimum atomic E-state index is -0.430. The molecule has 2 aromatic rings. The monoisotopic (exact) mass is 330 g/mol. The van der Waals surface area contributed by atoms with Gasteiger partial charge in [-0.1, -0.05) is 6.07 Å². The zero-order valence-corrected chi connectivity index (χ0v) is 13.4. The predicted molar refractivity (Wildman–Crippen MR) is 87.9 cm³/mol. The highest BCUT2D eigenvalue weighted by atomic mass is 19.1. The number of benzene rings is 1. The first kappa shape index (κ1) is 17.7. The normalized spacial score (nSPS) is 17.0. The molecule has 0 saturated carbocycles.